The standard InChI is InChI=1S/C15H24N2O2/c1-12(11-17-6-8-19-9-7-17)16-13(2)14-4-3-5-15(18)10-14/h3-5,10,12-13,16,18H,6-9,11H2,1-2H3. The summed E-state index contributed by atoms with van der Waals surface area (Å²) in [5.41, 5.74) is 1.12. The first-order chi connectivity index (χ1) is 9.15. The molecule has 1 fully saturated rings. The molecule has 0 aromatic heterocycles. The highest BCUT2D eigenvalue weighted by Crippen LogP contribution is 2.18. The molecule has 1 aliphatic rings. The number of nitrogens with zero attached hydrogens (tertiary/aromatic N) is 1. The second kappa shape index (κ2) is 6.89. The maximum atomic E-state index is 9.51. The molecule has 2 unspecified atom stereocenters. The Morgan fingerprint density at radius 1 is 1.32 bits per heavy atom. The van der Waals surface area contributed by atoms with Crippen LogP contribution in [0.1, 0.15) is 25.5 Å². The van der Waals surface area contributed by atoms with Crippen molar-refractivity contribution in [3.05, 3.63) is 29.8 Å². The maximum absolute atomic E-state index is 9.51. The van der Waals surface area contributed by atoms with Crippen molar-refractivity contribution in [1.82, 2.24) is 10.2 Å². The zero-order chi connectivity index (χ0) is 13.7. The van der Waals surface area contributed by atoms with Crippen molar-refractivity contribution < 1.29 is 9.84 Å². The smallest absolute Gasteiger partial charge is 0.115 e. The lowest BCUT2D eigenvalue weighted by Gasteiger charge is -2.30. The minimum atomic E-state index is 0.239. The van der Waals surface area contributed by atoms with E-state index in [0.717, 1.165) is 38.4 Å². The number of hydrogen-bond acceptors (Lipinski definition) is 4. The van der Waals surface area contributed by atoms with E-state index in [1.165, 1.54) is 0 Å². The molecule has 1 aromatic rings. The maximum Gasteiger partial charge on any atom is 0.115 e. The molecule has 1 saturated heterocycles. The number of ether oxygens (including phenoxy) is 1. The Morgan fingerprint density at radius 2 is 2.05 bits per heavy atom. The van der Waals surface area contributed by atoms with E-state index in [9.17, 15) is 5.11 Å². The van der Waals surface area contributed by atoms with Gasteiger partial charge in [-0.25, -0.2) is 0 Å². The molecular weight excluding hydrogens is 240 g/mol. The minimum absolute atomic E-state index is 0.239. The molecule has 4 nitrogen and oxygen atoms in total. The van der Waals surface area contributed by atoms with Crippen molar-refractivity contribution in [3.8, 4) is 5.75 Å². The van der Waals surface area contributed by atoms with E-state index in [1.807, 2.05) is 18.2 Å². The van der Waals surface area contributed by atoms with Gasteiger partial charge in [0, 0.05) is 31.7 Å². The lowest BCUT2D eigenvalue weighted by Crippen LogP contribution is -2.44. The van der Waals surface area contributed by atoms with Gasteiger partial charge in [0.2, 0.25) is 0 Å². The lowest BCUT2D eigenvalue weighted by molar-refractivity contribution is 0.0339. The summed E-state index contributed by atoms with van der Waals surface area (Å²) in [7, 11) is 0. The van der Waals surface area contributed by atoms with Crippen LogP contribution >= 0.6 is 0 Å². The van der Waals surface area contributed by atoms with Crippen LogP contribution in [0, 0.1) is 0 Å². The van der Waals surface area contributed by atoms with Crippen molar-refractivity contribution in [2.75, 3.05) is 32.8 Å². The molecular formula is C15H24N2O2. The van der Waals surface area contributed by atoms with Crippen LogP contribution < -0.4 is 5.32 Å². The number of morpholine rings is 1. The Hall–Kier alpha value is -1.10. The SMILES string of the molecule is CC(CN1CCOCC1)NC(C)c1cccc(O)c1. The van der Waals surface area contributed by atoms with Gasteiger partial charge >= 0.3 is 0 Å². The summed E-state index contributed by atoms with van der Waals surface area (Å²) >= 11 is 0. The van der Waals surface area contributed by atoms with Gasteiger partial charge < -0.3 is 15.2 Å². The molecule has 2 atom stereocenters. The molecule has 1 aromatic carbocycles. The summed E-state index contributed by atoms with van der Waals surface area (Å²) in [6, 6.07) is 8.10. The van der Waals surface area contributed by atoms with Gasteiger partial charge in [0.25, 0.3) is 0 Å². The van der Waals surface area contributed by atoms with E-state index in [4.69, 9.17) is 4.74 Å². The highest BCUT2D eigenvalue weighted by atomic mass is 16.5. The molecule has 106 valence electrons. The van der Waals surface area contributed by atoms with Gasteiger partial charge in [-0.3, -0.25) is 4.90 Å². The van der Waals surface area contributed by atoms with E-state index >= 15 is 0 Å². The van der Waals surface area contributed by atoms with Crippen LogP contribution in [0.3, 0.4) is 0 Å². The van der Waals surface area contributed by atoms with E-state index < -0.39 is 0 Å². The van der Waals surface area contributed by atoms with Crippen LogP contribution in [0.5, 0.6) is 5.75 Å². The van der Waals surface area contributed by atoms with E-state index in [-0.39, 0.29) is 6.04 Å². The minimum Gasteiger partial charge on any atom is -0.508 e. The van der Waals surface area contributed by atoms with Crippen molar-refractivity contribution in [1.29, 1.82) is 0 Å². The van der Waals surface area contributed by atoms with Crippen LogP contribution in [0.25, 0.3) is 0 Å². The normalized spacial score (nSPS) is 20.1. The van der Waals surface area contributed by atoms with Crippen LogP contribution in [0.4, 0.5) is 0 Å². The van der Waals surface area contributed by atoms with Gasteiger partial charge in [-0.1, -0.05) is 12.1 Å². The van der Waals surface area contributed by atoms with Crippen LogP contribution in [-0.2, 0) is 4.74 Å². The number of phenols is 1. The molecule has 1 heterocycles. The molecule has 2 N–H and O–H groups in total. The monoisotopic (exact) mass is 264 g/mol. The summed E-state index contributed by atoms with van der Waals surface area (Å²) in [6.07, 6.45) is 0. The summed E-state index contributed by atoms with van der Waals surface area (Å²) in [5, 5.41) is 13.1. The van der Waals surface area contributed by atoms with Gasteiger partial charge in [0.05, 0.1) is 13.2 Å². The largest absolute Gasteiger partial charge is 0.508 e. The van der Waals surface area contributed by atoms with Crippen LogP contribution in [0.15, 0.2) is 24.3 Å². The van der Waals surface area contributed by atoms with Gasteiger partial charge in [-0.15, -0.1) is 0 Å². The lowest BCUT2D eigenvalue weighted by atomic mass is 10.1. The highest BCUT2D eigenvalue weighted by molar-refractivity contribution is 5.29. The molecule has 1 aliphatic heterocycles. The number of rotatable bonds is 5. The third-order valence-electron chi connectivity index (χ3n) is 3.54. The number of hydrogen-bond donors (Lipinski definition) is 2. The fourth-order valence-corrected chi connectivity index (χ4v) is 2.54. The summed E-state index contributed by atoms with van der Waals surface area (Å²) in [6.45, 7) is 9.09. The summed E-state index contributed by atoms with van der Waals surface area (Å²) < 4.78 is 5.36. The Kier molecular flexibility index (Phi) is 5.19. The first-order valence-electron chi connectivity index (χ1n) is 7.00. The van der Waals surface area contributed by atoms with Gasteiger partial charge in [-0.2, -0.15) is 0 Å². The number of benzene rings is 1. The summed E-state index contributed by atoms with van der Waals surface area (Å²) in [5.74, 6) is 0.326. The molecule has 0 bridgehead atoms. The average molecular weight is 264 g/mol. The van der Waals surface area contributed by atoms with Gasteiger partial charge in [0.1, 0.15) is 5.75 Å². The van der Waals surface area contributed by atoms with E-state index in [1.54, 1.807) is 6.07 Å². The van der Waals surface area contributed by atoms with E-state index in [2.05, 4.69) is 24.1 Å². The number of aromatic hydroxyl groups is 1. The first kappa shape index (κ1) is 14.3. The number of phenolic OH excluding ortho intramolecular Hbond substituents is 1. The molecule has 19 heavy (non-hydrogen) atoms. The fourth-order valence-electron chi connectivity index (χ4n) is 2.54. The average Bonchev–Trinajstić information content (AvgIpc) is 2.39. The predicted molar refractivity (Wildman–Crippen MR) is 76.4 cm³/mol. The van der Waals surface area contributed by atoms with Gasteiger partial charge in [0.15, 0.2) is 0 Å². The fraction of sp³-hybridized carbons (Fsp3) is 0.600. The van der Waals surface area contributed by atoms with Gasteiger partial charge in [-0.05, 0) is 31.5 Å². The topological polar surface area (TPSA) is 44.7 Å². The Bertz CT molecular complexity index is 391. The van der Waals surface area contributed by atoms with Crippen molar-refractivity contribution >= 4 is 0 Å². The number of nitrogens with one attached hydrogen (secondary N) is 1. The quantitative estimate of drug-likeness (QED) is 0.850. The molecule has 4 heteroatoms. The van der Waals surface area contributed by atoms with Crippen LogP contribution in [-0.4, -0.2) is 48.9 Å². The van der Waals surface area contributed by atoms with Crippen molar-refractivity contribution in [3.63, 3.8) is 0 Å². The molecule has 0 aliphatic carbocycles. The predicted octanol–water partition coefficient (Wildman–Crippen LogP) is 1.76. The molecule has 2 rings (SSSR count). The Labute approximate surface area is 115 Å². The first-order valence-corrected chi connectivity index (χ1v) is 7.00. The third kappa shape index (κ3) is 4.49. The Morgan fingerprint density at radius 3 is 2.74 bits per heavy atom. The zero-order valence-corrected chi connectivity index (χ0v) is 11.8. The highest BCUT2D eigenvalue weighted by Gasteiger charge is 2.15. The van der Waals surface area contributed by atoms with Crippen LogP contribution in [0.2, 0.25) is 0 Å². The summed E-state index contributed by atoms with van der Waals surface area (Å²) in [4.78, 5) is 2.43. The van der Waals surface area contributed by atoms with Crippen molar-refractivity contribution in [2.24, 2.45) is 0 Å². The van der Waals surface area contributed by atoms with E-state index in [0.29, 0.717) is 11.8 Å². The second-order valence-electron chi connectivity index (χ2n) is 5.30. The van der Waals surface area contributed by atoms with Crippen molar-refractivity contribution in [2.45, 2.75) is 25.9 Å². The molecule has 0 saturated carbocycles. The zero-order valence-electron chi connectivity index (χ0n) is 11.8. The molecule has 0 amide bonds. The third-order valence-corrected chi connectivity index (χ3v) is 3.54. The second-order valence-corrected chi connectivity index (χ2v) is 5.30. The molecule has 0 spiro atoms. The Balaban J connectivity index is 1.82. The molecule has 0 radical (unpaired) electrons.